The Kier molecular flexibility index (Phi) is 5.45. The quantitative estimate of drug-likeness (QED) is 0.640. The lowest BCUT2D eigenvalue weighted by atomic mass is 9.78. The Balaban J connectivity index is 1.63. The monoisotopic (exact) mass is 326 g/mol. The van der Waals surface area contributed by atoms with Crippen molar-refractivity contribution in [2.75, 3.05) is 0 Å². The van der Waals surface area contributed by atoms with E-state index >= 15 is 0 Å². The molecule has 0 N–H and O–H groups in total. The number of benzene rings is 1. The van der Waals surface area contributed by atoms with Crippen LogP contribution in [0.3, 0.4) is 0 Å². The molecule has 1 aromatic heterocycles. The van der Waals surface area contributed by atoms with Gasteiger partial charge in [0.15, 0.2) is 5.82 Å². The molecule has 1 aliphatic carbocycles. The SMILES string of the molecule is C/C=C/CC1CCC(c2cnc(-c3ccc(Cl)cc3)nc2)CC1. The van der Waals surface area contributed by atoms with Gasteiger partial charge in [-0.3, -0.25) is 0 Å². The Bertz CT molecular complexity index is 638. The molecule has 120 valence electrons. The van der Waals surface area contributed by atoms with Crippen molar-refractivity contribution in [1.82, 2.24) is 9.97 Å². The van der Waals surface area contributed by atoms with Crippen molar-refractivity contribution in [2.24, 2.45) is 5.92 Å². The molecular formula is C20H23ClN2. The number of allylic oxidation sites excluding steroid dienone is 2. The predicted octanol–water partition coefficient (Wildman–Crippen LogP) is 6.04. The van der Waals surface area contributed by atoms with Crippen molar-refractivity contribution in [3.05, 3.63) is 59.4 Å². The fourth-order valence-corrected chi connectivity index (χ4v) is 3.48. The van der Waals surface area contributed by atoms with E-state index in [-0.39, 0.29) is 0 Å². The minimum absolute atomic E-state index is 0.621. The first-order valence-corrected chi connectivity index (χ1v) is 8.83. The maximum absolute atomic E-state index is 5.92. The average Bonchev–Trinajstić information content (AvgIpc) is 2.61. The van der Waals surface area contributed by atoms with Crippen LogP contribution < -0.4 is 0 Å². The number of hydrogen-bond donors (Lipinski definition) is 0. The van der Waals surface area contributed by atoms with Crippen LogP contribution >= 0.6 is 11.6 Å². The molecule has 2 nitrogen and oxygen atoms in total. The van der Waals surface area contributed by atoms with Gasteiger partial charge in [-0.2, -0.15) is 0 Å². The molecule has 23 heavy (non-hydrogen) atoms. The third kappa shape index (κ3) is 4.20. The van der Waals surface area contributed by atoms with Gasteiger partial charge in [0.1, 0.15) is 0 Å². The van der Waals surface area contributed by atoms with Crippen LogP contribution in [0.15, 0.2) is 48.8 Å². The smallest absolute Gasteiger partial charge is 0.159 e. The van der Waals surface area contributed by atoms with Crippen molar-refractivity contribution in [2.45, 2.75) is 44.9 Å². The Morgan fingerprint density at radius 3 is 2.30 bits per heavy atom. The van der Waals surface area contributed by atoms with Crippen LogP contribution in [-0.4, -0.2) is 9.97 Å². The van der Waals surface area contributed by atoms with Gasteiger partial charge in [-0.05, 0) is 80.7 Å². The second-order valence-corrected chi connectivity index (χ2v) is 6.81. The first kappa shape index (κ1) is 16.2. The Hall–Kier alpha value is -1.67. The summed E-state index contributed by atoms with van der Waals surface area (Å²) in [6.07, 6.45) is 14.8. The zero-order valence-electron chi connectivity index (χ0n) is 13.6. The lowest BCUT2D eigenvalue weighted by Gasteiger charge is -2.27. The summed E-state index contributed by atoms with van der Waals surface area (Å²) in [6.45, 7) is 2.10. The summed E-state index contributed by atoms with van der Waals surface area (Å²) < 4.78 is 0. The zero-order valence-corrected chi connectivity index (χ0v) is 14.3. The van der Waals surface area contributed by atoms with Crippen molar-refractivity contribution >= 4 is 11.6 Å². The van der Waals surface area contributed by atoms with E-state index in [1.165, 1.54) is 37.7 Å². The molecule has 0 amide bonds. The highest BCUT2D eigenvalue weighted by Crippen LogP contribution is 2.37. The van der Waals surface area contributed by atoms with Crippen LogP contribution in [0.4, 0.5) is 0 Å². The molecule has 1 aromatic carbocycles. The van der Waals surface area contributed by atoms with E-state index in [1.807, 2.05) is 36.7 Å². The molecule has 0 saturated heterocycles. The molecule has 0 bridgehead atoms. The van der Waals surface area contributed by atoms with Crippen LogP contribution in [0, 0.1) is 5.92 Å². The molecule has 1 saturated carbocycles. The van der Waals surface area contributed by atoms with E-state index in [4.69, 9.17) is 11.6 Å². The second-order valence-electron chi connectivity index (χ2n) is 6.37. The Morgan fingerprint density at radius 2 is 1.70 bits per heavy atom. The summed E-state index contributed by atoms with van der Waals surface area (Å²) >= 11 is 5.92. The van der Waals surface area contributed by atoms with Crippen molar-refractivity contribution in [3.8, 4) is 11.4 Å². The van der Waals surface area contributed by atoms with Crippen molar-refractivity contribution in [3.63, 3.8) is 0 Å². The van der Waals surface area contributed by atoms with Crippen molar-refractivity contribution in [1.29, 1.82) is 0 Å². The molecule has 3 rings (SSSR count). The maximum atomic E-state index is 5.92. The van der Waals surface area contributed by atoms with Crippen LogP contribution in [0.25, 0.3) is 11.4 Å². The highest BCUT2D eigenvalue weighted by Gasteiger charge is 2.22. The van der Waals surface area contributed by atoms with Gasteiger partial charge < -0.3 is 0 Å². The molecule has 0 aliphatic heterocycles. The van der Waals surface area contributed by atoms with Gasteiger partial charge in [0.05, 0.1) is 0 Å². The minimum atomic E-state index is 0.621. The van der Waals surface area contributed by atoms with E-state index in [2.05, 4.69) is 29.0 Å². The van der Waals surface area contributed by atoms with E-state index in [9.17, 15) is 0 Å². The van der Waals surface area contributed by atoms with E-state index in [0.29, 0.717) is 5.92 Å². The summed E-state index contributed by atoms with van der Waals surface area (Å²) in [7, 11) is 0. The molecule has 3 heteroatoms. The molecule has 0 unspecified atom stereocenters. The molecule has 1 aliphatic rings. The molecule has 2 aromatic rings. The normalized spacial score (nSPS) is 21.7. The first-order valence-electron chi connectivity index (χ1n) is 8.45. The van der Waals surface area contributed by atoms with Gasteiger partial charge in [0, 0.05) is 23.0 Å². The average molecular weight is 327 g/mol. The Labute approximate surface area is 143 Å². The molecule has 1 heterocycles. The number of rotatable bonds is 4. The van der Waals surface area contributed by atoms with Gasteiger partial charge >= 0.3 is 0 Å². The molecule has 0 spiro atoms. The molecule has 1 fully saturated rings. The summed E-state index contributed by atoms with van der Waals surface area (Å²) in [6, 6.07) is 7.67. The van der Waals surface area contributed by atoms with Crippen LogP contribution in [0.5, 0.6) is 0 Å². The summed E-state index contributed by atoms with van der Waals surface area (Å²) in [5, 5.41) is 0.736. The second kappa shape index (κ2) is 7.74. The largest absolute Gasteiger partial charge is 0.236 e. The summed E-state index contributed by atoms with van der Waals surface area (Å²) in [5.41, 5.74) is 2.29. The van der Waals surface area contributed by atoms with Gasteiger partial charge in [-0.15, -0.1) is 0 Å². The number of nitrogens with zero attached hydrogens (tertiary/aromatic N) is 2. The summed E-state index contributed by atoms with van der Waals surface area (Å²) in [4.78, 5) is 9.11. The fraction of sp³-hybridized carbons (Fsp3) is 0.400. The van der Waals surface area contributed by atoms with Crippen LogP contribution in [0.1, 0.15) is 50.5 Å². The lowest BCUT2D eigenvalue weighted by molar-refractivity contribution is 0.327. The third-order valence-electron chi connectivity index (χ3n) is 4.80. The minimum Gasteiger partial charge on any atom is -0.236 e. The highest BCUT2D eigenvalue weighted by atomic mass is 35.5. The third-order valence-corrected chi connectivity index (χ3v) is 5.05. The summed E-state index contributed by atoms with van der Waals surface area (Å²) in [5.74, 6) is 2.25. The lowest BCUT2D eigenvalue weighted by Crippen LogP contribution is -2.13. The van der Waals surface area contributed by atoms with Crippen LogP contribution in [0.2, 0.25) is 5.02 Å². The standard InChI is InChI=1S/C20H23ClN2/c1-2-3-4-15-5-7-16(8-6-15)18-13-22-20(23-14-18)17-9-11-19(21)12-10-17/h2-3,9-16H,4-8H2,1H3/b3-2+. The number of hydrogen-bond acceptors (Lipinski definition) is 2. The first-order chi connectivity index (χ1) is 11.3. The molecule has 0 atom stereocenters. The molecule has 0 radical (unpaired) electrons. The maximum Gasteiger partial charge on any atom is 0.159 e. The highest BCUT2D eigenvalue weighted by molar-refractivity contribution is 6.30. The number of aromatic nitrogens is 2. The van der Waals surface area contributed by atoms with E-state index < -0.39 is 0 Å². The van der Waals surface area contributed by atoms with Crippen LogP contribution in [-0.2, 0) is 0 Å². The Morgan fingerprint density at radius 1 is 1.04 bits per heavy atom. The zero-order chi connectivity index (χ0) is 16.1. The van der Waals surface area contributed by atoms with Gasteiger partial charge in [-0.25, -0.2) is 9.97 Å². The number of halogens is 1. The van der Waals surface area contributed by atoms with Crippen molar-refractivity contribution < 1.29 is 0 Å². The molecular weight excluding hydrogens is 304 g/mol. The fourth-order valence-electron chi connectivity index (χ4n) is 3.36. The predicted molar refractivity (Wildman–Crippen MR) is 96.6 cm³/mol. The van der Waals surface area contributed by atoms with Gasteiger partial charge in [0.2, 0.25) is 0 Å². The van der Waals surface area contributed by atoms with E-state index in [1.54, 1.807) is 0 Å². The topological polar surface area (TPSA) is 25.8 Å². The van der Waals surface area contributed by atoms with Gasteiger partial charge in [0.25, 0.3) is 0 Å². The van der Waals surface area contributed by atoms with Gasteiger partial charge in [-0.1, -0.05) is 23.8 Å². The van der Waals surface area contributed by atoms with E-state index in [0.717, 1.165) is 22.3 Å².